The van der Waals surface area contributed by atoms with Gasteiger partial charge in [-0.2, -0.15) is 0 Å². The van der Waals surface area contributed by atoms with Crippen molar-refractivity contribution in [2.45, 2.75) is 6.42 Å². The summed E-state index contributed by atoms with van der Waals surface area (Å²) >= 11 is 0. The van der Waals surface area contributed by atoms with Crippen molar-refractivity contribution in [1.82, 2.24) is 0 Å². The van der Waals surface area contributed by atoms with Gasteiger partial charge < -0.3 is 0 Å². The first-order chi connectivity index (χ1) is 2.89. The van der Waals surface area contributed by atoms with Crippen molar-refractivity contribution < 1.29 is 9.09 Å². The molecule has 1 fully saturated rings. The molecule has 1 heterocycles. The van der Waals surface area contributed by atoms with Crippen molar-refractivity contribution in [3.8, 4) is 0 Å². The van der Waals surface area contributed by atoms with Crippen LogP contribution in [-0.2, 0) is 9.09 Å². The van der Waals surface area contributed by atoms with Crippen LogP contribution < -0.4 is 0 Å². The summed E-state index contributed by atoms with van der Waals surface area (Å²) in [6.45, 7) is 0.704. The Kier molecular flexibility index (Phi) is 1.18. The first-order valence-electron chi connectivity index (χ1n) is 1.97. The molecule has 0 aromatic heterocycles. The Morgan fingerprint density at radius 2 is 2.50 bits per heavy atom. The molecule has 0 spiro atoms. The zero-order valence-electron chi connectivity index (χ0n) is 3.39. The Morgan fingerprint density at radius 3 is 2.67 bits per heavy atom. The second kappa shape index (κ2) is 1.67. The maximum atomic E-state index is 10.2. The molecule has 3 heteroatoms. The standard InChI is InChI=1S/C3H6O2P/c4-6-3-1-2-5-6/h1-3H2/q+1. The second-order valence-electron chi connectivity index (χ2n) is 1.24. The third-order valence-corrected chi connectivity index (χ3v) is 1.87. The summed E-state index contributed by atoms with van der Waals surface area (Å²) in [5, 5.41) is 0. The van der Waals surface area contributed by atoms with Crippen LogP contribution in [0.1, 0.15) is 6.42 Å². The second-order valence-corrected chi connectivity index (χ2v) is 2.61. The van der Waals surface area contributed by atoms with E-state index in [0.717, 1.165) is 12.6 Å². The summed E-state index contributed by atoms with van der Waals surface area (Å²) in [5.74, 6) is 0. The van der Waals surface area contributed by atoms with Crippen LogP contribution in [0.5, 0.6) is 0 Å². The van der Waals surface area contributed by atoms with Gasteiger partial charge in [-0.05, 0) is 4.57 Å². The third kappa shape index (κ3) is 0.763. The molecule has 1 aliphatic heterocycles. The zero-order chi connectivity index (χ0) is 4.41. The van der Waals surface area contributed by atoms with Crippen molar-refractivity contribution in [3.05, 3.63) is 0 Å². The van der Waals surface area contributed by atoms with E-state index in [4.69, 9.17) is 0 Å². The van der Waals surface area contributed by atoms with E-state index in [1.807, 2.05) is 0 Å². The van der Waals surface area contributed by atoms with Gasteiger partial charge in [-0.1, -0.05) is 0 Å². The molecule has 0 amide bonds. The van der Waals surface area contributed by atoms with Gasteiger partial charge in [0.25, 0.3) is 0 Å². The Labute approximate surface area is 37.4 Å². The fraction of sp³-hybridized carbons (Fsp3) is 1.00. The molecule has 0 saturated carbocycles. The molecule has 1 atom stereocenters. The lowest BCUT2D eigenvalue weighted by molar-refractivity contribution is 0.365. The molecule has 34 valence electrons. The van der Waals surface area contributed by atoms with Gasteiger partial charge in [0.2, 0.25) is 0 Å². The van der Waals surface area contributed by atoms with Crippen LogP contribution >= 0.6 is 8.03 Å². The van der Waals surface area contributed by atoms with Crippen LogP contribution in [0.15, 0.2) is 0 Å². The molecular formula is C3H6O2P+. The molecule has 0 aliphatic carbocycles. The van der Waals surface area contributed by atoms with Crippen molar-refractivity contribution in [1.29, 1.82) is 0 Å². The first-order valence-corrected chi connectivity index (χ1v) is 3.33. The van der Waals surface area contributed by atoms with E-state index in [1.165, 1.54) is 0 Å². The van der Waals surface area contributed by atoms with E-state index >= 15 is 0 Å². The number of hydrogen-bond donors (Lipinski definition) is 0. The maximum absolute atomic E-state index is 10.2. The third-order valence-electron chi connectivity index (χ3n) is 0.720. The Hall–Kier alpha value is 0.0600. The molecule has 6 heavy (non-hydrogen) atoms. The Bertz CT molecular complexity index is 63.2. The van der Waals surface area contributed by atoms with E-state index in [2.05, 4.69) is 4.52 Å². The first kappa shape index (κ1) is 4.23. The zero-order valence-corrected chi connectivity index (χ0v) is 4.28. The molecule has 0 bridgehead atoms. The lowest BCUT2D eigenvalue weighted by Crippen LogP contribution is -1.69. The van der Waals surface area contributed by atoms with Gasteiger partial charge in [-0.15, -0.1) is 4.52 Å². The van der Waals surface area contributed by atoms with Crippen LogP contribution in [0.4, 0.5) is 0 Å². The van der Waals surface area contributed by atoms with E-state index in [9.17, 15) is 4.57 Å². The minimum atomic E-state index is -1.22. The summed E-state index contributed by atoms with van der Waals surface area (Å²) in [6.07, 6.45) is 1.75. The van der Waals surface area contributed by atoms with Gasteiger partial charge in [0.05, 0.1) is 0 Å². The molecule has 2 nitrogen and oxygen atoms in total. The van der Waals surface area contributed by atoms with E-state index < -0.39 is 8.03 Å². The lowest BCUT2D eigenvalue weighted by Gasteiger charge is -1.61. The Morgan fingerprint density at radius 1 is 1.67 bits per heavy atom. The summed E-state index contributed by atoms with van der Waals surface area (Å²) in [7, 11) is -1.22. The van der Waals surface area contributed by atoms with Crippen molar-refractivity contribution in [2.75, 3.05) is 12.8 Å². The maximum Gasteiger partial charge on any atom is 0.508 e. The van der Waals surface area contributed by atoms with Gasteiger partial charge in [-0.3, -0.25) is 0 Å². The van der Waals surface area contributed by atoms with Crippen LogP contribution in [0.3, 0.4) is 0 Å². The molecule has 0 aromatic carbocycles. The summed E-state index contributed by atoms with van der Waals surface area (Å²) in [6, 6.07) is 0. The monoisotopic (exact) mass is 105 g/mol. The SMILES string of the molecule is O=[P+]1CCCO1. The highest BCUT2D eigenvalue weighted by Gasteiger charge is 2.23. The van der Waals surface area contributed by atoms with Gasteiger partial charge in [0.1, 0.15) is 6.61 Å². The summed E-state index contributed by atoms with van der Waals surface area (Å²) < 4.78 is 14.8. The van der Waals surface area contributed by atoms with Crippen LogP contribution in [0.2, 0.25) is 0 Å². The molecular weight excluding hydrogens is 99.0 g/mol. The molecule has 0 N–H and O–H groups in total. The fourth-order valence-electron chi connectivity index (χ4n) is 0.425. The highest BCUT2D eigenvalue weighted by Crippen LogP contribution is 2.28. The van der Waals surface area contributed by atoms with Gasteiger partial charge in [0.15, 0.2) is 6.16 Å². The fourth-order valence-corrected chi connectivity index (χ4v) is 1.27. The van der Waals surface area contributed by atoms with Crippen LogP contribution in [0, 0.1) is 0 Å². The largest absolute Gasteiger partial charge is 0.508 e. The number of rotatable bonds is 0. The van der Waals surface area contributed by atoms with Gasteiger partial charge in [0, 0.05) is 6.42 Å². The quantitative estimate of drug-likeness (QED) is 0.432. The minimum Gasteiger partial charge on any atom is -0.146 e. The molecule has 0 radical (unpaired) electrons. The van der Waals surface area contributed by atoms with Crippen molar-refractivity contribution in [3.63, 3.8) is 0 Å². The van der Waals surface area contributed by atoms with Crippen molar-refractivity contribution in [2.24, 2.45) is 0 Å². The van der Waals surface area contributed by atoms with Crippen LogP contribution in [0.25, 0.3) is 0 Å². The minimum absolute atomic E-state index is 0.704. The molecule has 0 aromatic rings. The van der Waals surface area contributed by atoms with Crippen molar-refractivity contribution >= 4 is 8.03 Å². The molecule has 1 saturated heterocycles. The van der Waals surface area contributed by atoms with E-state index in [0.29, 0.717) is 6.61 Å². The Balaban J connectivity index is 2.37. The topological polar surface area (TPSA) is 26.3 Å². The average Bonchev–Trinajstić information content (AvgIpc) is 1.86. The predicted molar refractivity (Wildman–Crippen MR) is 23.0 cm³/mol. The highest BCUT2D eigenvalue weighted by atomic mass is 31.1. The van der Waals surface area contributed by atoms with Gasteiger partial charge >= 0.3 is 8.03 Å². The molecule has 1 unspecified atom stereocenters. The highest BCUT2D eigenvalue weighted by molar-refractivity contribution is 7.39. The summed E-state index contributed by atoms with van der Waals surface area (Å²) in [5.41, 5.74) is 0. The van der Waals surface area contributed by atoms with Crippen LogP contribution in [-0.4, -0.2) is 12.8 Å². The van der Waals surface area contributed by atoms with Gasteiger partial charge in [-0.25, -0.2) is 0 Å². The van der Waals surface area contributed by atoms with E-state index in [-0.39, 0.29) is 0 Å². The predicted octanol–water partition coefficient (Wildman–Crippen LogP) is 1.15. The molecule has 1 rings (SSSR count). The molecule has 1 aliphatic rings. The smallest absolute Gasteiger partial charge is 0.146 e. The lowest BCUT2D eigenvalue weighted by atomic mass is 10.5. The number of hydrogen-bond acceptors (Lipinski definition) is 2. The average molecular weight is 105 g/mol. The summed E-state index contributed by atoms with van der Waals surface area (Å²) in [4.78, 5) is 0. The normalized spacial score (nSPS) is 28.3. The van der Waals surface area contributed by atoms with E-state index in [1.54, 1.807) is 0 Å².